The number of ether oxygens (including phenoxy) is 1. The number of carboxylic acid groups (broad SMARTS) is 1. The van der Waals surface area contributed by atoms with Crippen LogP contribution in [0, 0.1) is 5.41 Å². The Labute approximate surface area is 111 Å². The smallest absolute Gasteiger partial charge is 0.309 e. The summed E-state index contributed by atoms with van der Waals surface area (Å²) >= 11 is 0. The molecule has 0 saturated carbocycles. The monoisotopic (exact) mass is 272 g/mol. The summed E-state index contributed by atoms with van der Waals surface area (Å²) < 4.78 is 32.3. The fourth-order valence-electron chi connectivity index (χ4n) is 1.87. The van der Waals surface area contributed by atoms with Crippen LogP contribution in [0.2, 0.25) is 0 Å². The van der Waals surface area contributed by atoms with Gasteiger partial charge in [0.2, 0.25) is 0 Å². The second-order valence-corrected chi connectivity index (χ2v) is 5.24. The Morgan fingerprint density at radius 2 is 1.89 bits per heavy atom. The van der Waals surface area contributed by atoms with E-state index in [1.54, 1.807) is 6.07 Å². The number of hydrogen-bond donors (Lipinski definition) is 1. The lowest BCUT2D eigenvalue weighted by atomic mass is 9.83. The third-order valence-electron chi connectivity index (χ3n) is 3.02. The number of halogens is 2. The summed E-state index contributed by atoms with van der Waals surface area (Å²) in [5.74, 6) is -3.80. The van der Waals surface area contributed by atoms with Gasteiger partial charge in [0.05, 0.1) is 12.5 Å². The lowest BCUT2D eigenvalue weighted by Gasteiger charge is -2.24. The van der Waals surface area contributed by atoms with E-state index in [4.69, 9.17) is 9.84 Å². The highest BCUT2D eigenvalue weighted by atomic mass is 19.3. The number of alkyl halides is 2. The van der Waals surface area contributed by atoms with E-state index in [1.807, 2.05) is 0 Å². The van der Waals surface area contributed by atoms with Crippen molar-refractivity contribution in [2.24, 2.45) is 5.41 Å². The zero-order chi connectivity index (χ0) is 14.8. The molecule has 0 aliphatic rings. The molecule has 0 aliphatic heterocycles. The zero-order valence-corrected chi connectivity index (χ0v) is 11.5. The maximum absolute atomic E-state index is 13.6. The molecule has 0 unspecified atom stereocenters. The van der Waals surface area contributed by atoms with Crippen LogP contribution in [0.5, 0.6) is 5.75 Å². The van der Waals surface area contributed by atoms with E-state index < -0.39 is 17.3 Å². The van der Waals surface area contributed by atoms with Gasteiger partial charge in [0.1, 0.15) is 5.75 Å². The van der Waals surface area contributed by atoms with Gasteiger partial charge in [-0.15, -0.1) is 0 Å². The van der Waals surface area contributed by atoms with E-state index in [9.17, 15) is 13.6 Å². The lowest BCUT2D eigenvalue weighted by molar-refractivity contribution is -0.146. The van der Waals surface area contributed by atoms with Gasteiger partial charge in [-0.05, 0) is 26.3 Å². The molecular weight excluding hydrogens is 254 g/mol. The minimum absolute atomic E-state index is 0.0227. The number of methoxy groups -OCH3 is 1. The third kappa shape index (κ3) is 3.43. The normalized spacial score (nSPS) is 12.3. The molecule has 0 fully saturated rings. The van der Waals surface area contributed by atoms with Gasteiger partial charge >= 0.3 is 5.97 Å². The molecule has 0 atom stereocenters. The number of rotatable bonds is 5. The van der Waals surface area contributed by atoms with E-state index in [0.717, 1.165) is 6.92 Å². The predicted octanol–water partition coefficient (Wildman–Crippen LogP) is 3.46. The quantitative estimate of drug-likeness (QED) is 0.892. The summed E-state index contributed by atoms with van der Waals surface area (Å²) in [5, 5.41) is 9.13. The van der Waals surface area contributed by atoms with E-state index >= 15 is 0 Å². The summed E-state index contributed by atoms with van der Waals surface area (Å²) in [5.41, 5.74) is -1.10. The Morgan fingerprint density at radius 3 is 2.32 bits per heavy atom. The fraction of sp³-hybridized carbons (Fsp3) is 0.500. The molecular formula is C14H18F2O3. The minimum atomic E-state index is -3.04. The lowest BCUT2D eigenvalue weighted by Crippen LogP contribution is -2.28. The molecule has 0 spiro atoms. The second kappa shape index (κ2) is 5.15. The summed E-state index contributed by atoms with van der Waals surface area (Å²) in [6, 6.07) is 4.33. The molecule has 0 bridgehead atoms. The predicted molar refractivity (Wildman–Crippen MR) is 67.7 cm³/mol. The van der Waals surface area contributed by atoms with Gasteiger partial charge in [-0.1, -0.05) is 12.1 Å². The van der Waals surface area contributed by atoms with Crippen LogP contribution in [-0.4, -0.2) is 18.2 Å². The first-order valence-electron chi connectivity index (χ1n) is 5.87. The first-order valence-corrected chi connectivity index (χ1v) is 5.87. The van der Waals surface area contributed by atoms with Crippen molar-refractivity contribution in [3.8, 4) is 5.75 Å². The Morgan fingerprint density at radius 1 is 1.32 bits per heavy atom. The summed E-state index contributed by atoms with van der Waals surface area (Å²) in [6.45, 7) is 3.79. The molecule has 5 heteroatoms. The highest BCUT2D eigenvalue weighted by molar-refractivity contribution is 5.74. The topological polar surface area (TPSA) is 46.5 Å². The van der Waals surface area contributed by atoms with Gasteiger partial charge in [-0.3, -0.25) is 4.79 Å². The van der Waals surface area contributed by atoms with Crippen LogP contribution in [-0.2, 0) is 17.1 Å². The Bertz CT molecular complexity index is 476. The van der Waals surface area contributed by atoms with Gasteiger partial charge in [0.15, 0.2) is 0 Å². The molecule has 1 rings (SSSR count). The number of carboxylic acids is 1. The first-order chi connectivity index (χ1) is 8.59. The molecule has 0 saturated heterocycles. The van der Waals surface area contributed by atoms with Crippen molar-refractivity contribution in [3.63, 3.8) is 0 Å². The van der Waals surface area contributed by atoms with Crippen LogP contribution in [0.25, 0.3) is 0 Å². The van der Waals surface area contributed by atoms with Gasteiger partial charge in [-0.2, -0.15) is 0 Å². The maximum atomic E-state index is 13.6. The Balaban J connectivity index is 3.35. The van der Waals surface area contributed by atoms with Crippen molar-refractivity contribution in [1.29, 1.82) is 0 Å². The van der Waals surface area contributed by atoms with Gasteiger partial charge in [-0.25, -0.2) is 8.78 Å². The molecule has 0 heterocycles. The van der Waals surface area contributed by atoms with Crippen molar-refractivity contribution < 1.29 is 23.4 Å². The summed E-state index contributed by atoms with van der Waals surface area (Å²) in [7, 11) is 1.38. The van der Waals surface area contributed by atoms with E-state index in [1.165, 1.54) is 33.1 Å². The second-order valence-electron chi connectivity index (χ2n) is 5.24. The number of benzene rings is 1. The van der Waals surface area contributed by atoms with Crippen LogP contribution in [0.15, 0.2) is 18.2 Å². The van der Waals surface area contributed by atoms with Crippen LogP contribution in [0.1, 0.15) is 31.9 Å². The summed E-state index contributed by atoms with van der Waals surface area (Å²) in [6.07, 6.45) is -0.0227. The van der Waals surface area contributed by atoms with Gasteiger partial charge < -0.3 is 9.84 Å². The SMILES string of the molecule is COc1cccc(C(C)(F)F)c1CC(C)(C)C(=O)O. The number of hydrogen-bond acceptors (Lipinski definition) is 2. The standard InChI is InChI=1S/C14H18F2O3/c1-13(2,12(17)18)8-9-10(14(3,15)16)6-5-7-11(9)19-4/h5-7H,8H2,1-4H3,(H,17,18). The van der Waals surface area contributed by atoms with Gasteiger partial charge in [0.25, 0.3) is 5.92 Å². The Hall–Kier alpha value is -1.65. The van der Waals surface area contributed by atoms with Crippen LogP contribution < -0.4 is 4.74 Å². The minimum Gasteiger partial charge on any atom is -0.496 e. The average Bonchev–Trinajstić information content (AvgIpc) is 2.27. The largest absolute Gasteiger partial charge is 0.496 e. The van der Waals surface area contributed by atoms with E-state index in [0.29, 0.717) is 0 Å². The van der Waals surface area contributed by atoms with Crippen molar-refractivity contribution in [2.75, 3.05) is 7.11 Å². The molecule has 106 valence electrons. The molecule has 0 aromatic heterocycles. The third-order valence-corrected chi connectivity index (χ3v) is 3.02. The van der Waals surface area contributed by atoms with Crippen molar-refractivity contribution in [2.45, 2.75) is 33.1 Å². The molecule has 3 nitrogen and oxygen atoms in total. The molecule has 1 aromatic rings. The number of carbonyl (C=O) groups is 1. The molecule has 1 N–H and O–H groups in total. The zero-order valence-electron chi connectivity index (χ0n) is 11.5. The highest BCUT2D eigenvalue weighted by Gasteiger charge is 2.34. The van der Waals surface area contributed by atoms with Crippen molar-refractivity contribution >= 4 is 5.97 Å². The van der Waals surface area contributed by atoms with Crippen molar-refractivity contribution in [3.05, 3.63) is 29.3 Å². The van der Waals surface area contributed by atoms with Gasteiger partial charge in [0, 0.05) is 18.1 Å². The molecule has 0 amide bonds. The average molecular weight is 272 g/mol. The van der Waals surface area contributed by atoms with Crippen molar-refractivity contribution in [1.82, 2.24) is 0 Å². The van der Waals surface area contributed by atoms with Crippen LogP contribution in [0.4, 0.5) is 8.78 Å². The van der Waals surface area contributed by atoms with E-state index in [-0.39, 0.29) is 23.3 Å². The molecule has 19 heavy (non-hydrogen) atoms. The molecule has 0 aliphatic carbocycles. The van der Waals surface area contributed by atoms with Crippen LogP contribution in [0.3, 0.4) is 0 Å². The highest BCUT2D eigenvalue weighted by Crippen LogP contribution is 2.38. The summed E-state index contributed by atoms with van der Waals surface area (Å²) in [4.78, 5) is 11.2. The van der Waals surface area contributed by atoms with Crippen LogP contribution >= 0.6 is 0 Å². The first kappa shape index (κ1) is 15.4. The fourth-order valence-corrected chi connectivity index (χ4v) is 1.87. The number of aliphatic carboxylic acids is 1. The Kier molecular flexibility index (Phi) is 4.18. The molecule has 1 aromatic carbocycles. The molecule has 0 radical (unpaired) electrons. The van der Waals surface area contributed by atoms with E-state index in [2.05, 4.69) is 0 Å². The maximum Gasteiger partial charge on any atom is 0.309 e.